The lowest BCUT2D eigenvalue weighted by Gasteiger charge is -2.33. The maximum atomic E-state index is 13.5. The van der Waals surface area contributed by atoms with Gasteiger partial charge in [0.1, 0.15) is 5.56 Å². The number of carbonyl (C=O) groups is 2. The number of ketones is 1. The monoisotopic (exact) mass is 469 g/mol. The van der Waals surface area contributed by atoms with Gasteiger partial charge in [0, 0.05) is 48.0 Å². The Labute approximate surface area is 199 Å². The Balaban J connectivity index is 1.69. The van der Waals surface area contributed by atoms with E-state index in [-0.39, 0.29) is 16.8 Å². The third kappa shape index (κ3) is 5.07. The number of halogens is 1. The zero-order valence-electron chi connectivity index (χ0n) is 19.6. The molecule has 1 amide bonds. The molecule has 2 aliphatic rings. The van der Waals surface area contributed by atoms with Gasteiger partial charge in [0.15, 0.2) is 5.78 Å². The van der Waals surface area contributed by atoms with E-state index in [0.717, 1.165) is 13.1 Å². The fraction of sp³-hybridized carbons (Fsp3) is 0.500. The van der Waals surface area contributed by atoms with Crippen LogP contribution in [0.2, 0.25) is 5.02 Å². The van der Waals surface area contributed by atoms with E-state index in [4.69, 9.17) is 11.6 Å². The van der Waals surface area contributed by atoms with Crippen LogP contribution >= 0.6 is 11.6 Å². The zero-order valence-corrected chi connectivity index (χ0v) is 20.4. The van der Waals surface area contributed by atoms with E-state index in [0.29, 0.717) is 47.3 Å². The molecule has 0 bridgehead atoms. The Morgan fingerprint density at radius 2 is 1.88 bits per heavy atom. The van der Waals surface area contributed by atoms with Crippen molar-refractivity contribution in [1.29, 1.82) is 0 Å². The molecule has 176 valence electrons. The number of Topliss-reactive ketones (excluding diaryl/α,β-unsaturated/α-hetero) is 1. The average Bonchev–Trinajstić information content (AvgIpc) is 2.75. The summed E-state index contributed by atoms with van der Waals surface area (Å²) in [6, 6.07) is 7.31. The molecule has 33 heavy (non-hydrogen) atoms. The molecule has 0 saturated carbocycles. The normalized spacial score (nSPS) is 20.4. The molecule has 0 radical (unpaired) electrons. The minimum Gasteiger partial charge on any atom is -0.351 e. The van der Waals surface area contributed by atoms with Gasteiger partial charge in [-0.25, -0.2) is 0 Å². The van der Waals surface area contributed by atoms with Crippen LogP contribution < -0.4 is 10.9 Å². The van der Waals surface area contributed by atoms with Crippen molar-refractivity contribution in [3.05, 3.63) is 62.5 Å². The largest absolute Gasteiger partial charge is 0.351 e. The minimum absolute atomic E-state index is 0.0415. The van der Waals surface area contributed by atoms with Crippen molar-refractivity contribution in [3.8, 4) is 5.69 Å². The number of hydrogen-bond acceptors (Lipinski definition) is 4. The number of likely N-dealkylation sites (tertiary alicyclic amines) is 1. The van der Waals surface area contributed by atoms with Crippen LogP contribution in [0.15, 0.2) is 35.3 Å². The van der Waals surface area contributed by atoms with Gasteiger partial charge in [0.2, 0.25) is 0 Å². The predicted molar refractivity (Wildman–Crippen MR) is 131 cm³/mol. The maximum absolute atomic E-state index is 13.5. The molecular formula is C26H32ClN3O3. The summed E-state index contributed by atoms with van der Waals surface area (Å²) in [5.41, 5.74) is 0.956. The molecule has 1 fully saturated rings. The van der Waals surface area contributed by atoms with Crippen molar-refractivity contribution in [2.75, 3.05) is 19.6 Å². The lowest BCUT2D eigenvalue weighted by Crippen LogP contribution is -2.44. The highest BCUT2D eigenvalue weighted by Gasteiger charge is 2.36. The van der Waals surface area contributed by atoms with Gasteiger partial charge in [-0.15, -0.1) is 0 Å². The van der Waals surface area contributed by atoms with Crippen molar-refractivity contribution in [1.82, 2.24) is 14.8 Å². The molecule has 1 unspecified atom stereocenters. The topological polar surface area (TPSA) is 71.4 Å². The van der Waals surface area contributed by atoms with Gasteiger partial charge in [-0.2, -0.15) is 0 Å². The average molecular weight is 470 g/mol. The number of fused-ring (bicyclic) bond motifs is 1. The van der Waals surface area contributed by atoms with E-state index >= 15 is 0 Å². The van der Waals surface area contributed by atoms with E-state index in [2.05, 4.69) is 17.1 Å². The van der Waals surface area contributed by atoms with E-state index in [9.17, 15) is 14.4 Å². The van der Waals surface area contributed by atoms with Crippen molar-refractivity contribution >= 4 is 23.3 Å². The number of benzene rings is 1. The Morgan fingerprint density at radius 3 is 2.58 bits per heavy atom. The highest BCUT2D eigenvalue weighted by molar-refractivity contribution is 6.30. The van der Waals surface area contributed by atoms with Crippen molar-refractivity contribution < 1.29 is 9.59 Å². The molecule has 1 N–H and O–H groups in total. The number of nitrogens with zero attached hydrogens (tertiary/aromatic N) is 2. The first-order chi connectivity index (χ1) is 15.7. The Hall–Kier alpha value is -2.44. The van der Waals surface area contributed by atoms with Gasteiger partial charge in [0.25, 0.3) is 11.5 Å². The zero-order chi connectivity index (χ0) is 23.8. The van der Waals surface area contributed by atoms with Gasteiger partial charge in [-0.05, 0) is 68.0 Å². The summed E-state index contributed by atoms with van der Waals surface area (Å²) >= 11 is 6.01. The summed E-state index contributed by atoms with van der Waals surface area (Å²) in [6.45, 7) is 8.45. The van der Waals surface area contributed by atoms with Crippen molar-refractivity contribution in [3.63, 3.8) is 0 Å². The van der Waals surface area contributed by atoms with Crippen LogP contribution in [0.25, 0.3) is 5.69 Å². The smallest absolute Gasteiger partial charge is 0.268 e. The second-order valence-electron chi connectivity index (χ2n) is 10.1. The highest BCUT2D eigenvalue weighted by Crippen LogP contribution is 2.35. The summed E-state index contributed by atoms with van der Waals surface area (Å²) in [4.78, 5) is 42.3. The van der Waals surface area contributed by atoms with Crippen LogP contribution in [0.3, 0.4) is 0 Å². The second kappa shape index (κ2) is 9.43. The fourth-order valence-corrected chi connectivity index (χ4v) is 5.19. The van der Waals surface area contributed by atoms with Crippen LogP contribution in [0, 0.1) is 5.41 Å². The first-order valence-corrected chi connectivity index (χ1v) is 12.1. The van der Waals surface area contributed by atoms with Gasteiger partial charge >= 0.3 is 0 Å². The lowest BCUT2D eigenvalue weighted by atomic mass is 9.73. The second-order valence-corrected chi connectivity index (χ2v) is 10.6. The molecule has 1 aliphatic carbocycles. The molecule has 1 aliphatic heterocycles. The molecular weight excluding hydrogens is 438 g/mol. The van der Waals surface area contributed by atoms with Crippen LogP contribution in [0.4, 0.5) is 0 Å². The maximum Gasteiger partial charge on any atom is 0.268 e. The van der Waals surface area contributed by atoms with E-state index in [1.54, 1.807) is 30.5 Å². The number of hydrogen-bond donors (Lipinski definition) is 1. The third-order valence-corrected chi connectivity index (χ3v) is 7.12. The first-order valence-electron chi connectivity index (χ1n) is 11.8. The van der Waals surface area contributed by atoms with E-state index in [1.165, 1.54) is 23.8 Å². The number of nitrogens with one attached hydrogen (secondary N) is 1. The highest BCUT2D eigenvalue weighted by atomic mass is 35.5. The summed E-state index contributed by atoms with van der Waals surface area (Å²) in [7, 11) is 0. The van der Waals surface area contributed by atoms with E-state index in [1.807, 2.05) is 13.8 Å². The van der Waals surface area contributed by atoms with Crippen LogP contribution in [0.5, 0.6) is 0 Å². The molecule has 6 nitrogen and oxygen atoms in total. The standard InChI is InChI=1S/C26H32ClN3O3/c1-17-6-4-5-12-29(17)13-11-28-24(32)23-20-14-26(2,3)15-22(31)21(20)16-30(25(23)33)19-9-7-18(27)8-10-19/h7-10,16-17H,4-6,11-15H2,1-3H3,(H,28,32). The first kappa shape index (κ1) is 23.7. The number of amides is 1. The quantitative estimate of drug-likeness (QED) is 0.710. The molecule has 0 spiro atoms. The Kier molecular flexibility index (Phi) is 6.78. The molecule has 7 heteroatoms. The van der Waals surface area contributed by atoms with Gasteiger partial charge < -0.3 is 5.32 Å². The number of aromatic nitrogens is 1. The van der Waals surface area contributed by atoms with Crippen LogP contribution in [-0.4, -0.2) is 46.8 Å². The van der Waals surface area contributed by atoms with Gasteiger partial charge in [-0.3, -0.25) is 23.9 Å². The summed E-state index contributed by atoms with van der Waals surface area (Å²) in [6.07, 6.45) is 6.07. The predicted octanol–water partition coefficient (Wildman–Crippen LogP) is 4.25. The van der Waals surface area contributed by atoms with Crippen LogP contribution in [0.1, 0.15) is 72.7 Å². The SMILES string of the molecule is CC1CCCCN1CCNC(=O)c1c2c(cn(-c3ccc(Cl)cc3)c1=O)C(=O)CC(C)(C)C2. The van der Waals surface area contributed by atoms with Crippen molar-refractivity contribution in [2.45, 2.75) is 58.9 Å². The molecule has 1 aromatic heterocycles. The minimum atomic E-state index is -0.412. The van der Waals surface area contributed by atoms with Gasteiger partial charge in [0.05, 0.1) is 0 Å². The Bertz CT molecular complexity index is 1120. The lowest BCUT2D eigenvalue weighted by molar-refractivity contribution is 0.0907. The number of rotatable bonds is 5. The summed E-state index contributed by atoms with van der Waals surface area (Å²) in [5, 5.41) is 3.51. The Morgan fingerprint density at radius 1 is 1.15 bits per heavy atom. The molecule has 1 aromatic carbocycles. The van der Waals surface area contributed by atoms with Gasteiger partial charge in [-0.1, -0.05) is 31.9 Å². The molecule has 2 aromatic rings. The molecule has 1 atom stereocenters. The molecule has 2 heterocycles. The number of pyridine rings is 1. The summed E-state index contributed by atoms with van der Waals surface area (Å²) < 4.78 is 1.40. The van der Waals surface area contributed by atoms with Crippen molar-refractivity contribution in [2.24, 2.45) is 5.41 Å². The fourth-order valence-electron chi connectivity index (χ4n) is 5.06. The van der Waals surface area contributed by atoms with Crippen LogP contribution in [-0.2, 0) is 6.42 Å². The number of carbonyl (C=O) groups excluding carboxylic acids is 2. The van der Waals surface area contributed by atoms with E-state index < -0.39 is 11.5 Å². The number of piperidine rings is 1. The molecule has 1 saturated heterocycles. The third-order valence-electron chi connectivity index (χ3n) is 6.87. The molecule has 4 rings (SSSR count). The summed E-state index contributed by atoms with van der Waals surface area (Å²) in [5.74, 6) is -0.449.